The van der Waals surface area contributed by atoms with Gasteiger partial charge in [-0.3, -0.25) is 14.9 Å². The number of fused-ring (bicyclic) bond motifs is 6. The molecule has 2 bridgehead atoms. The van der Waals surface area contributed by atoms with E-state index in [4.69, 9.17) is 0 Å². The lowest BCUT2D eigenvalue weighted by atomic mass is 9.83. The van der Waals surface area contributed by atoms with Crippen LogP contribution in [0.1, 0.15) is 30.4 Å². The van der Waals surface area contributed by atoms with E-state index in [0.717, 1.165) is 29.7 Å². The van der Waals surface area contributed by atoms with E-state index in [1.807, 2.05) is 36.4 Å². The summed E-state index contributed by atoms with van der Waals surface area (Å²) in [6.45, 7) is 0. The fraction of sp³-hybridized carbons (Fsp3) is 0.296. The molecule has 6 heteroatoms. The fourth-order valence-electron chi connectivity index (χ4n) is 5.17. The van der Waals surface area contributed by atoms with Gasteiger partial charge in [0.1, 0.15) is 5.54 Å². The van der Waals surface area contributed by atoms with E-state index in [1.54, 1.807) is 7.05 Å². The van der Waals surface area contributed by atoms with Crippen LogP contribution in [-0.4, -0.2) is 35.3 Å². The van der Waals surface area contributed by atoms with Gasteiger partial charge in [0.2, 0.25) is 5.91 Å². The molecule has 1 fully saturated rings. The Labute approximate surface area is 193 Å². The number of carbonyl (C=O) groups excluding carboxylic acids is 3. The van der Waals surface area contributed by atoms with Crippen LogP contribution in [0.4, 0.5) is 10.5 Å². The monoisotopic (exact) mass is 441 g/mol. The topological polar surface area (TPSA) is 78.5 Å². The maximum Gasteiger partial charge on any atom is 0.324 e. The molecule has 0 aromatic heterocycles. The van der Waals surface area contributed by atoms with Gasteiger partial charge in [-0.25, -0.2) is 4.79 Å². The number of amides is 4. The van der Waals surface area contributed by atoms with Crippen molar-refractivity contribution in [3.05, 3.63) is 89.1 Å². The molecule has 4 amide bonds. The van der Waals surface area contributed by atoms with E-state index in [0.29, 0.717) is 19.3 Å². The first-order valence-electron chi connectivity index (χ1n) is 11.4. The minimum absolute atomic E-state index is 0.0277. The normalized spacial score (nSPS) is 30.7. The molecule has 1 aliphatic heterocycles. The lowest BCUT2D eigenvalue weighted by Crippen LogP contribution is -2.48. The van der Waals surface area contributed by atoms with Crippen molar-refractivity contribution in [3.63, 3.8) is 0 Å². The van der Waals surface area contributed by atoms with Crippen LogP contribution in [0.5, 0.6) is 0 Å². The molecule has 1 aromatic rings. The van der Waals surface area contributed by atoms with Gasteiger partial charge in [0, 0.05) is 32.0 Å². The summed E-state index contributed by atoms with van der Waals surface area (Å²) in [5.41, 5.74) is 4.31. The van der Waals surface area contributed by atoms with E-state index >= 15 is 0 Å². The molecule has 1 spiro atoms. The molecule has 168 valence electrons. The van der Waals surface area contributed by atoms with Crippen molar-refractivity contribution in [2.75, 3.05) is 12.4 Å². The summed E-state index contributed by atoms with van der Waals surface area (Å²) in [6, 6.07) is 5.41. The second-order valence-electron chi connectivity index (χ2n) is 9.17. The minimum atomic E-state index is -0.856. The Morgan fingerprint density at radius 2 is 2.00 bits per heavy atom. The number of imide groups is 1. The summed E-state index contributed by atoms with van der Waals surface area (Å²) in [5, 5.41) is 5.46. The number of hydrogen-bond donors (Lipinski definition) is 2. The van der Waals surface area contributed by atoms with Gasteiger partial charge in [-0.2, -0.15) is 0 Å². The van der Waals surface area contributed by atoms with Crippen molar-refractivity contribution in [1.29, 1.82) is 0 Å². The molecule has 5 aliphatic rings. The Kier molecular flexibility index (Phi) is 5.36. The number of carbonyl (C=O) groups is 3. The van der Waals surface area contributed by atoms with E-state index in [1.165, 1.54) is 16.0 Å². The minimum Gasteiger partial charge on any atom is -0.326 e. The number of nitrogens with one attached hydrogen (secondary N) is 2. The molecule has 2 atom stereocenters. The molecule has 0 saturated carbocycles. The van der Waals surface area contributed by atoms with Crippen LogP contribution >= 0.6 is 0 Å². The third-order valence-electron chi connectivity index (χ3n) is 7.08. The van der Waals surface area contributed by atoms with Crippen molar-refractivity contribution < 1.29 is 14.4 Å². The Bertz CT molecular complexity index is 1190. The quantitative estimate of drug-likeness (QED) is 0.697. The molecule has 1 heterocycles. The average Bonchev–Trinajstić information content (AvgIpc) is 3.23. The van der Waals surface area contributed by atoms with Crippen molar-refractivity contribution in [1.82, 2.24) is 10.2 Å². The summed E-state index contributed by atoms with van der Waals surface area (Å²) in [4.78, 5) is 38.9. The maximum absolute atomic E-state index is 12.9. The third-order valence-corrected chi connectivity index (χ3v) is 7.08. The van der Waals surface area contributed by atoms with Crippen LogP contribution in [0.25, 0.3) is 0 Å². The molecule has 6 nitrogen and oxygen atoms in total. The lowest BCUT2D eigenvalue weighted by Gasteiger charge is -2.27. The summed E-state index contributed by atoms with van der Waals surface area (Å²) < 4.78 is 0. The van der Waals surface area contributed by atoms with E-state index in [2.05, 4.69) is 41.0 Å². The second-order valence-corrected chi connectivity index (χ2v) is 9.17. The van der Waals surface area contributed by atoms with Gasteiger partial charge in [0.25, 0.3) is 5.91 Å². The van der Waals surface area contributed by atoms with Crippen molar-refractivity contribution in [2.45, 2.75) is 37.6 Å². The highest BCUT2D eigenvalue weighted by Gasteiger charge is 2.54. The van der Waals surface area contributed by atoms with Gasteiger partial charge in [0.05, 0.1) is 0 Å². The van der Waals surface area contributed by atoms with Gasteiger partial charge >= 0.3 is 6.03 Å². The molecule has 0 radical (unpaired) electrons. The van der Waals surface area contributed by atoms with Gasteiger partial charge < -0.3 is 10.2 Å². The van der Waals surface area contributed by atoms with Crippen molar-refractivity contribution in [3.8, 4) is 0 Å². The zero-order valence-corrected chi connectivity index (χ0v) is 18.6. The number of likely N-dealkylation sites (N-methyl/N-ethyl adjacent to an activating group) is 1. The van der Waals surface area contributed by atoms with Crippen LogP contribution in [0, 0.1) is 5.92 Å². The van der Waals surface area contributed by atoms with Crippen LogP contribution in [0.15, 0.2) is 78.0 Å². The summed E-state index contributed by atoms with van der Waals surface area (Å²) in [5.74, 6) is -0.139. The highest BCUT2D eigenvalue weighted by molar-refractivity contribution is 6.07. The average molecular weight is 442 g/mol. The molecular weight excluding hydrogens is 414 g/mol. The molecule has 33 heavy (non-hydrogen) atoms. The fourth-order valence-corrected chi connectivity index (χ4v) is 5.17. The summed E-state index contributed by atoms with van der Waals surface area (Å²) in [6.07, 6.45) is 19.8. The highest BCUT2D eigenvalue weighted by atomic mass is 16.2. The second kappa shape index (κ2) is 8.35. The number of hydrogen-bond acceptors (Lipinski definition) is 3. The zero-order valence-electron chi connectivity index (χ0n) is 18.6. The third kappa shape index (κ3) is 3.97. The van der Waals surface area contributed by atoms with Gasteiger partial charge in [0.15, 0.2) is 0 Å². The Balaban J connectivity index is 1.29. The van der Waals surface area contributed by atoms with Crippen molar-refractivity contribution in [2.24, 2.45) is 5.92 Å². The zero-order chi connectivity index (χ0) is 23.0. The van der Waals surface area contributed by atoms with Crippen LogP contribution in [-0.2, 0) is 22.4 Å². The molecule has 2 unspecified atom stereocenters. The molecule has 1 aromatic carbocycles. The largest absolute Gasteiger partial charge is 0.326 e. The Morgan fingerprint density at radius 3 is 2.82 bits per heavy atom. The predicted molar refractivity (Wildman–Crippen MR) is 127 cm³/mol. The van der Waals surface area contributed by atoms with Crippen LogP contribution in [0.2, 0.25) is 0 Å². The Morgan fingerprint density at radius 1 is 1.15 bits per heavy atom. The Hall–Kier alpha value is -3.67. The predicted octanol–water partition coefficient (Wildman–Crippen LogP) is 3.98. The summed E-state index contributed by atoms with van der Waals surface area (Å²) in [7, 11) is 1.66. The number of nitrogens with zero attached hydrogens (tertiary/aromatic N) is 1. The van der Waals surface area contributed by atoms with Gasteiger partial charge in [-0.05, 0) is 53.2 Å². The van der Waals surface area contributed by atoms with Crippen LogP contribution < -0.4 is 10.6 Å². The van der Waals surface area contributed by atoms with E-state index in [9.17, 15) is 14.4 Å². The first-order chi connectivity index (χ1) is 15.9. The first kappa shape index (κ1) is 21.2. The first-order valence-corrected chi connectivity index (χ1v) is 11.4. The molecule has 2 N–H and O–H groups in total. The number of allylic oxidation sites excluding steroid dienone is 10. The number of rotatable bonds is 3. The molecular formula is C27H27N3O3. The summed E-state index contributed by atoms with van der Waals surface area (Å²) >= 11 is 0. The molecule has 1 saturated heterocycles. The van der Waals surface area contributed by atoms with E-state index in [-0.39, 0.29) is 23.8 Å². The number of urea groups is 1. The number of benzene rings is 1. The smallest absolute Gasteiger partial charge is 0.324 e. The number of anilines is 1. The highest BCUT2D eigenvalue weighted by Crippen LogP contribution is 2.38. The SMILES string of the molecule is CN1C(=O)NC(=O)C12Cc1ccc(NC(=O)CC3C\C4=C/C=C\C=C/C/C=C\3C=C4)cc1C2. The van der Waals surface area contributed by atoms with E-state index < -0.39 is 5.54 Å². The van der Waals surface area contributed by atoms with Crippen molar-refractivity contribution >= 4 is 23.5 Å². The standard InChI is InChI=1S/C27H27N3O3/c1-30-26(33)29-25(32)27(30)16-20-11-12-23(14-22(20)17-27)28-24(31)15-21-13-18-7-5-3-2-4-6-8-19(21)10-9-18/h2-5,7-12,14,21H,6,13,15-17H2,1H3,(H,28,31)(H,29,32,33)/b4-2-,5-3-,18-7-,19-8-. The molecule has 6 rings (SSSR count). The van der Waals surface area contributed by atoms with Gasteiger partial charge in [-0.1, -0.05) is 54.7 Å². The molecule has 4 aliphatic carbocycles. The maximum atomic E-state index is 12.9. The van der Waals surface area contributed by atoms with Gasteiger partial charge in [-0.15, -0.1) is 0 Å². The van der Waals surface area contributed by atoms with Crippen LogP contribution in [0.3, 0.4) is 0 Å². The lowest BCUT2D eigenvalue weighted by molar-refractivity contribution is -0.125.